The number of hydrogen-bond acceptors (Lipinski definition) is 5. The Bertz CT molecular complexity index is 451. The molecule has 1 heterocycles. The molecule has 1 aromatic rings. The molecule has 0 spiro atoms. The van der Waals surface area contributed by atoms with E-state index in [1.165, 1.54) is 23.3 Å². The third-order valence-electron chi connectivity index (χ3n) is 2.63. The summed E-state index contributed by atoms with van der Waals surface area (Å²) in [7, 11) is 3.12. The Balaban J connectivity index is 2.16. The first kappa shape index (κ1) is 17.3. The maximum absolute atomic E-state index is 11.8. The van der Waals surface area contributed by atoms with Gasteiger partial charge in [0.15, 0.2) is 0 Å². The van der Waals surface area contributed by atoms with Crippen LogP contribution in [0.15, 0.2) is 12.1 Å². The summed E-state index contributed by atoms with van der Waals surface area (Å²) < 4.78 is 5.32. The van der Waals surface area contributed by atoms with Crippen molar-refractivity contribution in [3.63, 3.8) is 0 Å². The van der Waals surface area contributed by atoms with Crippen molar-refractivity contribution >= 4 is 46.6 Å². The molecule has 0 aliphatic rings. The minimum Gasteiger partial charge on any atom is -0.469 e. The quantitative estimate of drug-likeness (QED) is 0.685. The van der Waals surface area contributed by atoms with Crippen molar-refractivity contribution in [3.05, 3.63) is 21.3 Å². The Morgan fingerprint density at radius 2 is 2.20 bits per heavy atom. The van der Waals surface area contributed by atoms with Crippen LogP contribution in [0.3, 0.4) is 0 Å². The number of carbonyl (C=O) groups is 2. The van der Waals surface area contributed by atoms with Gasteiger partial charge in [0.2, 0.25) is 5.91 Å². The molecule has 0 aliphatic heterocycles. The van der Waals surface area contributed by atoms with Gasteiger partial charge in [0.1, 0.15) is 0 Å². The van der Waals surface area contributed by atoms with Crippen molar-refractivity contribution in [2.75, 3.05) is 26.5 Å². The Labute approximate surface area is 132 Å². The molecule has 0 saturated heterocycles. The fourth-order valence-electron chi connectivity index (χ4n) is 1.47. The number of amides is 1. The van der Waals surface area contributed by atoms with E-state index in [1.807, 2.05) is 12.1 Å². The van der Waals surface area contributed by atoms with Crippen LogP contribution in [0.25, 0.3) is 0 Å². The van der Waals surface area contributed by atoms with Crippen LogP contribution in [-0.4, -0.2) is 43.2 Å². The van der Waals surface area contributed by atoms with Crippen LogP contribution in [0.2, 0.25) is 4.34 Å². The van der Waals surface area contributed by atoms with E-state index < -0.39 is 0 Å². The highest BCUT2D eigenvalue weighted by molar-refractivity contribution is 7.99. The highest BCUT2D eigenvalue weighted by Gasteiger charge is 2.10. The smallest absolute Gasteiger partial charge is 0.305 e. The van der Waals surface area contributed by atoms with E-state index in [9.17, 15) is 9.59 Å². The molecule has 20 heavy (non-hydrogen) atoms. The number of methoxy groups -OCH3 is 1. The van der Waals surface area contributed by atoms with Crippen molar-refractivity contribution in [1.82, 2.24) is 4.90 Å². The standard InChI is InChI=1S/C13H18ClNO3S2/c1-15(7-3-4-13(17)18-2)12(16)9-19-8-10-5-6-11(14)20-10/h5-6H,3-4,7-9H2,1-2H3. The van der Waals surface area contributed by atoms with Crippen LogP contribution in [0.5, 0.6) is 0 Å². The van der Waals surface area contributed by atoms with E-state index in [1.54, 1.807) is 23.7 Å². The molecule has 112 valence electrons. The summed E-state index contributed by atoms with van der Waals surface area (Å²) in [6.07, 6.45) is 0.967. The van der Waals surface area contributed by atoms with E-state index in [0.29, 0.717) is 25.1 Å². The zero-order valence-corrected chi connectivity index (χ0v) is 13.9. The summed E-state index contributed by atoms with van der Waals surface area (Å²) in [5.74, 6) is 1.06. The van der Waals surface area contributed by atoms with E-state index in [-0.39, 0.29) is 11.9 Å². The highest BCUT2D eigenvalue weighted by Crippen LogP contribution is 2.25. The van der Waals surface area contributed by atoms with Gasteiger partial charge in [-0.05, 0) is 18.6 Å². The van der Waals surface area contributed by atoms with Crippen LogP contribution in [0, 0.1) is 0 Å². The third kappa shape index (κ3) is 6.63. The van der Waals surface area contributed by atoms with Crippen LogP contribution in [-0.2, 0) is 20.1 Å². The van der Waals surface area contributed by atoms with E-state index >= 15 is 0 Å². The number of thiophene rings is 1. The van der Waals surface area contributed by atoms with Gasteiger partial charge >= 0.3 is 5.97 Å². The summed E-state index contributed by atoms with van der Waals surface area (Å²) in [5, 5.41) is 0. The van der Waals surface area contributed by atoms with Crippen molar-refractivity contribution in [2.24, 2.45) is 0 Å². The largest absolute Gasteiger partial charge is 0.469 e. The molecule has 0 radical (unpaired) electrons. The van der Waals surface area contributed by atoms with Crippen LogP contribution < -0.4 is 0 Å². The Morgan fingerprint density at radius 1 is 1.45 bits per heavy atom. The highest BCUT2D eigenvalue weighted by atomic mass is 35.5. The van der Waals surface area contributed by atoms with Gasteiger partial charge in [-0.3, -0.25) is 9.59 Å². The van der Waals surface area contributed by atoms with E-state index in [4.69, 9.17) is 11.6 Å². The summed E-state index contributed by atoms with van der Waals surface area (Å²) in [4.78, 5) is 25.6. The number of rotatable bonds is 8. The number of esters is 1. The molecule has 7 heteroatoms. The summed E-state index contributed by atoms with van der Waals surface area (Å²) >= 11 is 8.95. The predicted octanol–water partition coefficient (Wildman–Crippen LogP) is 3.05. The molecule has 1 aromatic heterocycles. The Morgan fingerprint density at radius 3 is 2.80 bits per heavy atom. The molecule has 0 saturated carbocycles. The van der Waals surface area contributed by atoms with Gasteiger partial charge in [-0.25, -0.2) is 0 Å². The Kier molecular flexibility index (Phi) is 8.02. The second-order valence-electron chi connectivity index (χ2n) is 4.19. The Hall–Kier alpha value is -0.720. The number of carbonyl (C=O) groups excluding carboxylic acids is 2. The van der Waals surface area contributed by atoms with Crippen LogP contribution in [0.4, 0.5) is 0 Å². The average molecular weight is 336 g/mol. The monoisotopic (exact) mass is 335 g/mol. The summed E-state index contributed by atoms with van der Waals surface area (Å²) in [6.45, 7) is 0.569. The number of nitrogens with zero attached hydrogens (tertiary/aromatic N) is 1. The zero-order chi connectivity index (χ0) is 15.0. The van der Waals surface area contributed by atoms with Crippen molar-refractivity contribution in [2.45, 2.75) is 18.6 Å². The minimum atomic E-state index is -0.241. The summed E-state index contributed by atoms with van der Waals surface area (Å²) in [6, 6.07) is 3.84. The second kappa shape index (κ2) is 9.26. The van der Waals surface area contributed by atoms with Gasteiger partial charge in [-0.15, -0.1) is 23.1 Å². The zero-order valence-electron chi connectivity index (χ0n) is 11.6. The van der Waals surface area contributed by atoms with Crippen LogP contribution in [0.1, 0.15) is 17.7 Å². The lowest BCUT2D eigenvalue weighted by Gasteiger charge is -2.16. The van der Waals surface area contributed by atoms with Crippen molar-refractivity contribution in [3.8, 4) is 0 Å². The van der Waals surface area contributed by atoms with Crippen molar-refractivity contribution < 1.29 is 14.3 Å². The lowest BCUT2D eigenvalue weighted by molar-refractivity contribution is -0.141. The van der Waals surface area contributed by atoms with Crippen molar-refractivity contribution in [1.29, 1.82) is 0 Å². The van der Waals surface area contributed by atoms with Gasteiger partial charge in [-0.1, -0.05) is 11.6 Å². The molecule has 0 bridgehead atoms. The van der Waals surface area contributed by atoms with E-state index in [0.717, 1.165) is 10.1 Å². The lowest BCUT2D eigenvalue weighted by Crippen LogP contribution is -2.29. The first-order chi connectivity index (χ1) is 9.52. The summed E-state index contributed by atoms with van der Waals surface area (Å²) in [5.41, 5.74) is 0. The molecular formula is C13H18ClNO3S2. The molecule has 0 atom stereocenters. The fourth-order valence-corrected chi connectivity index (χ4v) is 3.63. The third-order valence-corrected chi connectivity index (χ3v) is 5.01. The topological polar surface area (TPSA) is 46.6 Å². The number of ether oxygens (including phenoxy) is 1. The maximum Gasteiger partial charge on any atom is 0.305 e. The normalized spacial score (nSPS) is 10.3. The molecule has 0 N–H and O–H groups in total. The molecule has 1 rings (SSSR count). The molecule has 0 aliphatic carbocycles. The first-order valence-corrected chi connectivity index (χ1v) is 8.50. The maximum atomic E-state index is 11.8. The first-order valence-electron chi connectivity index (χ1n) is 6.15. The number of hydrogen-bond donors (Lipinski definition) is 0. The molecule has 1 amide bonds. The SMILES string of the molecule is COC(=O)CCCN(C)C(=O)CSCc1ccc(Cl)s1. The minimum absolute atomic E-state index is 0.0718. The molecule has 0 fully saturated rings. The number of halogens is 1. The average Bonchev–Trinajstić information content (AvgIpc) is 2.83. The van der Waals surface area contributed by atoms with Gasteiger partial charge in [-0.2, -0.15) is 0 Å². The van der Waals surface area contributed by atoms with Gasteiger partial charge in [0.05, 0.1) is 17.2 Å². The lowest BCUT2D eigenvalue weighted by atomic mass is 10.3. The van der Waals surface area contributed by atoms with Gasteiger partial charge in [0, 0.05) is 30.6 Å². The fraction of sp³-hybridized carbons (Fsp3) is 0.538. The number of thioether (sulfide) groups is 1. The molecular weight excluding hydrogens is 318 g/mol. The molecule has 0 unspecified atom stereocenters. The molecule has 0 aromatic carbocycles. The van der Waals surface area contributed by atoms with Gasteiger partial charge < -0.3 is 9.64 Å². The predicted molar refractivity (Wildman–Crippen MR) is 84.4 cm³/mol. The van der Waals surface area contributed by atoms with Crippen LogP contribution >= 0.6 is 34.7 Å². The van der Waals surface area contributed by atoms with E-state index in [2.05, 4.69) is 4.74 Å². The van der Waals surface area contributed by atoms with Gasteiger partial charge in [0.25, 0.3) is 0 Å². The second-order valence-corrected chi connectivity index (χ2v) is 6.98. The molecule has 4 nitrogen and oxygen atoms in total.